The van der Waals surface area contributed by atoms with Crippen LogP contribution in [0.2, 0.25) is 0 Å². The minimum atomic E-state index is -0.314. The molecule has 0 aromatic heterocycles. The maximum atomic E-state index is 11.9. The number of ketones is 1. The first-order valence-electron chi connectivity index (χ1n) is 5.64. The van der Waals surface area contributed by atoms with Crippen LogP contribution in [-0.2, 0) is 14.3 Å². The lowest BCUT2D eigenvalue weighted by molar-refractivity contribution is -0.306. The van der Waals surface area contributed by atoms with Crippen LogP contribution in [0.15, 0.2) is 0 Å². The average molecular weight is 194 g/mol. The lowest BCUT2D eigenvalue weighted by Gasteiger charge is -2.54. The molecule has 0 N–H and O–H groups in total. The second kappa shape index (κ2) is 2.22. The largest absolute Gasteiger partial charge is 0.347 e. The van der Waals surface area contributed by atoms with Crippen molar-refractivity contribution < 1.29 is 14.3 Å². The van der Waals surface area contributed by atoms with Crippen LogP contribution in [0, 0.1) is 23.7 Å². The predicted molar refractivity (Wildman–Crippen MR) is 47.5 cm³/mol. The van der Waals surface area contributed by atoms with Crippen LogP contribution >= 0.6 is 0 Å². The Bertz CT molecular complexity index is 298. The summed E-state index contributed by atoms with van der Waals surface area (Å²) < 4.78 is 11.6. The summed E-state index contributed by atoms with van der Waals surface area (Å²) in [5, 5.41) is 0. The number of Topliss-reactive ketones (excluding diaryl/α,β-unsaturated/α-hetero) is 1. The van der Waals surface area contributed by atoms with Gasteiger partial charge in [-0.05, 0) is 19.3 Å². The zero-order valence-corrected chi connectivity index (χ0v) is 8.07. The van der Waals surface area contributed by atoms with Crippen molar-refractivity contribution in [1.82, 2.24) is 0 Å². The van der Waals surface area contributed by atoms with E-state index in [0.29, 0.717) is 29.5 Å². The van der Waals surface area contributed by atoms with E-state index in [2.05, 4.69) is 0 Å². The van der Waals surface area contributed by atoms with Crippen LogP contribution in [0.4, 0.5) is 0 Å². The Kier molecular flexibility index (Phi) is 1.24. The van der Waals surface area contributed by atoms with Crippen molar-refractivity contribution in [2.75, 3.05) is 13.2 Å². The van der Waals surface area contributed by atoms with Crippen molar-refractivity contribution in [3.05, 3.63) is 0 Å². The number of hydrogen-bond donors (Lipinski definition) is 0. The number of ether oxygens (including phenoxy) is 2. The summed E-state index contributed by atoms with van der Waals surface area (Å²) in [4.78, 5) is 11.9. The van der Waals surface area contributed by atoms with Crippen LogP contribution < -0.4 is 0 Å². The van der Waals surface area contributed by atoms with Gasteiger partial charge < -0.3 is 9.47 Å². The molecule has 3 aliphatic carbocycles. The fourth-order valence-corrected chi connectivity index (χ4v) is 4.23. The highest BCUT2D eigenvalue weighted by molar-refractivity contribution is 5.88. The molecule has 3 saturated carbocycles. The highest BCUT2D eigenvalue weighted by atomic mass is 16.7. The molecule has 2 unspecified atom stereocenters. The summed E-state index contributed by atoms with van der Waals surface area (Å²) >= 11 is 0. The molecule has 4 fully saturated rings. The first-order chi connectivity index (χ1) is 6.83. The number of hydrogen-bond acceptors (Lipinski definition) is 3. The molecule has 4 atom stereocenters. The normalized spacial score (nSPS) is 52.4. The molecular formula is C11H14O3. The molecule has 14 heavy (non-hydrogen) atoms. The van der Waals surface area contributed by atoms with Gasteiger partial charge >= 0.3 is 0 Å². The summed E-state index contributed by atoms with van der Waals surface area (Å²) in [6.07, 6.45) is 3.24. The molecule has 4 aliphatic rings. The van der Waals surface area contributed by atoms with Gasteiger partial charge in [0.05, 0.1) is 13.2 Å². The molecule has 1 spiro atoms. The van der Waals surface area contributed by atoms with E-state index in [1.54, 1.807) is 0 Å². The SMILES string of the molecule is O=C1C2CC[C@H]3C1[C@@H](C2)C31OCCO1. The molecule has 4 rings (SSSR count). The summed E-state index contributed by atoms with van der Waals surface area (Å²) in [6.45, 7) is 1.44. The van der Waals surface area contributed by atoms with Gasteiger partial charge in [0.25, 0.3) is 0 Å². The van der Waals surface area contributed by atoms with E-state index in [0.717, 1.165) is 32.5 Å². The molecule has 2 bridgehead atoms. The second-order valence-corrected chi connectivity index (χ2v) is 5.07. The fraction of sp³-hybridized carbons (Fsp3) is 0.909. The molecule has 76 valence electrons. The van der Waals surface area contributed by atoms with E-state index < -0.39 is 0 Å². The molecule has 1 aliphatic heterocycles. The number of rotatable bonds is 0. The van der Waals surface area contributed by atoms with E-state index in [9.17, 15) is 4.79 Å². The molecule has 0 aromatic rings. The fourth-order valence-electron chi connectivity index (χ4n) is 4.23. The molecular weight excluding hydrogens is 180 g/mol. The van der Waals surface area contributed by atoms with Crippen LogP contribution in [0.5, 0.6) is 0 Å². The van der Waals surface area contributed by atoms with Crippen LogP contribution in [0.3, 0.4) is 0 Å². The maximum absolute atomic E-state index is 11.9. The van der Waals surface area contributed by atoms with Crippen molar-refractivity contribution in [2.24, 2.45) is 23.7 Å². The average Bonchev–Trinajstić information content (AvgIpc) is 2.65. The Morgan fingerprint density at radius 3 is 2.71 bits per heavy atom. The van der Waals surface area contributed by atoms with Gasteiger partial charge in [0.1, 0.15) is 5.78 Å². The zero-order chi connectivity index (χ0) is 9.34. The Hall–Kier alpha value is -0.410. The van der Waals surface area contributed by atoms with Gasteiger partial charge in [-0.2, -0.15) is 0 Å². The molecule has 1 saturated heterocycles. The van der Waals surface area contributed by atoms with Gasteiger partial charge in [0.15, 0.2) is 5.79 Å². The zero-order valence-electron chi connectivity index (χ0n) is 8.07. The van der Waals surface area contributed by atoms with Crippen LogP contribution in [-0.4, -0.2) is 24.8 Å². The summed E-state index contributed by atoms with van der Waals surface area (Å²) in [5.41, 5.74) is 0. The Morgan fingerprint density at radius 2 is 1.93 bits per heavy atom. The molecule has 0 amide bonds. The minimum Gasteiger partial charge on any atom is -0.347 e. The molecule has 0 aromatic carbocycles. The van der Waals surface area contributed by atoms with Crippen molar-refractivity contribution in [1.29, 1.82) is 0 Å². The van der Waals surface area contributed by atoms with Crippen LogP contribution in [0.1, 0.15) is 19.3 Å². The van der Waals surface area contributed by atoms with E-state index >= 15 is 0 Å². The van der Waals surface area contributed by atoms with Gasteiger partial charge in [0.2, 0.25) is 0 Å². The molecule has 3 nitrogen and oxygen atoms in total. The monoisotopic (exact) mass is 194 g/mol. The predicted octanol–water partition coefficient (Wildman–Crippen LogP) is 0.974. The minimum absolute atomic E-state index is 0.298. The number of carbonyl (C=O) groups excluding carboxylic acids is 1. The van der Waals surface area contributed by atoms with E-state index in [1.807, 2.05) is 0 Å². The molecule has 1 heterocycles. The Morgan fingerprint density at radius 1 is 1.14 bits per heavy atom. The smallest absolute Gasteiger partial charge is 0.175 e. The van der Waals surface area contributed by atoms with Crippen LogP contribution in [0.25, 0.3) is 0 Å². The van der Waals surface area contributed by atoms with Gasteiger partial charge in [-0.25, -0.2) is 0 Å². The second-order valence-electron chi connectivity index (χ2n) is 5.07. The lowest BCUT2D eigenvalue weighted by atomic mass is 9.58. The topological polar surface area (TPSA) is 35.5 Å². The quantitative estimate of drug-likeness (QED) is 0.576. The first-order valence-corrected chi connectivity index (χ1v) is 5.64. The highest BCUT2D eigenvalue weighted by Crippen LogP contribution is 2.66. The highest BCUT2D eigenvalue weighted by Gasteiger charge is 2.73. The molecule has 3 heteroatoms. The van der Waals surface area contributed by atoms with Crippen molar-refractivity contribution in [2.45, 2.75) is 25.0 Å². The Labute approximate surface area is 82.8 Å². The summed E-state index contributed by atoms with van der Waals surface area (Å²) in [7, 11) is 0. The third kappa shape index (κ3) is 0.625. The lowest BCUT2D eigenvalue weighted by Crippen LogP contribution is -2.63. The van der Waals surface area contributed by atoms with Crippen molar-refractivity contribution in [3.8, 4) is 0 Å². The Balaban J connectivity index is 1.77. The van der Waals surface area contributed by atoms with Gasteiger partial charge in [-0.1, -0.05) is 0 Å². The standard InChI is InChI=1S/C11H14O3/c12-10-6-1-2-7-9(10)8(5-6)11(7)13-3-4-14-11/h6-9H,1-5H2/t6?,7-,8+,9?/m0/s1. The van der Waals surface area contributed by atoms with E-state index in [4.69, 9.17) is 9.47 Å². The molecule has 0 radical (unpaired) electrons. The van der Waals surface area contributed by atoms with Gasteiger partial charge in [0, 0.05) is 23.7 Å². The first kappa shape index (κ1) is 7.83. The third-order valence-corrected chi connectivity index (χ3v) is 4.73. The van der Waals surface area contributed by atoms with E-state index in [-0.39, 0.29) is 5.79 Å². The summed E-state index contributed by atoms with van der Waals surface area (Å²) in [6, 6.07) is 0. The van der Waals surface area contributed by atoms with Crippen molar-refractivity contribution >= 4 is 5.78 Å². The third-order valence-electron chi connectivity index (χ3n) is 4.73. The van der Waals surface area contributed by atoms with Gasteiger partial charge in [-0.3, -0.25) is 4.79 Å². The van der Waals surface area contributed by atoms with Crippen molar-refractivity contribution in [3.63, 3.8) is 0 Å². The summed E-state index contributed by atoms with van der Waals surface area (Å²) in [5.74, 6) is 1.62. The van der Waals surface area contributed by atoms with Gasteiger partial charge in [-0.15, -0.1) is 0 Å². The maximum Gasteiger partial charge on any atom is 0.175 e. The van der Waals surface area contributed by atoms with E-state index in [1.165, 1.54) is 0 Å². The number of carbonyl (C=O) groups is 1. The number of fused-ring (bicyclic) bond motifs is 3.